The van der Waals surface area contributed by atoms with Gasteiger partial charge in [-0.3, -0.25) is 19.3 Å². The molecule has 0 spiro atoms. The number of nitrogens with zero attached hydrogens (tertiary/aromatic N) is 2. The first-order valence-electron chi connectivity index (χ1n) is 13.3. The Morgan fingerprint density at radius 1 is 1.08 bits per heavy atom. The molecule has 3 aromatic rings. The number of nitrogens with one attached hydrogen (secondary N) is 1. The summed E-state index contributed by atoms with van der Waals surface area (Å²) >= 11 is 2.20. The van der Waals surface area contributed by atoms with Crippen LogP contribution in [0.2, 0.25) is 0 Å². The average Bonchev–Trinajstić information content (AvgIpc) is 3.73. The third kappa shape index (κ3) is 6.00. The third-order valence-electron chi connectivity index (χ3n) is 7.47. The van der Waals surface area contributed by atoms with E-state index in [1.165, 1.54) is 41.1 Å². The number of benzene rings is 1. The zero-order valence-electron chi connectivity index (χ0n) is 21.6. The second-order valence-corrected chi connectivity index (χ2v) is 11.8. The molecule has 3 amide bonds. The van der Waals surface area contributed by atoms with Gasteiger partial charge < -0.3 is 21.5 Å². The van der Waals surface area contributed by atoms with Crippen molar-refractivity contribution in [2.75, 3.05) is 23.8 Å². The van der Waals surface area contributed by atoms with Gasteiger partial charge in [0.2, 0.25) is 5.91 Å². The molecule has 0 radical (unpaired) electrons. The molecule has 0 bridgehead atoms. The normalized spacial score (nSPS) is 18.5. The first-order valence-corrected chi connectivity index (χ1v) is 15.0. The first kappa shape index (κ1) is 27.3. The summed E-state index contributed by atoms with van der Waals surface area (Å²) in [5, 5.41) is 4.87. The predicted molar refractivity (Wildman–Crippen MR) is 153 cm³/mol. The molecule has 9 nitrogen and oxygen atoms in total. The minimum Gasteiger partial charge on any atom is -0.395 e. The van der Waals surface area contributed by atoms with Gasteiger partial charge in [0, 0.05) is 23.7 Å². The van der Waals surface area contributed by atoms with Gasteiger partial charge in [-0.05, 0) is 72.3 Å². The maximum atomic E-state index is 14.2. The van der Waals surface area contributed by atoms with E-state index in [2.05, 4.69) is 9.69 Å². The molecule has 1 aliphatic carbocycles. The molecule has 1 aliphatic heterocycles. The molecular weight excluding hydrogens is 534 g/mol. The SMILES string of the molecule is NC(=O)c1nsc(C(=O)N(c2ccc(C3CCCCC3)cc2)[C@H](C(=O)NC[C@H]2CCCO2)c2cccs2)c1N. The number of anilines is 2. The standard InChI is InChI=1S/C28H33N5O4S2/c29-22-23(26(30)34)32-39-25(22)28(36)33(19-12-10-18(11-13-19)17-6-2-1-3-7-17)24(21-9-5-15-38-21)27(35)31-16-20-8-4-14-37-20/h5,9-13,15,17,20,24H,1-4,6-8,14,16,29H2,(H2,30,34)(H,31,35)/t20-,24+/m1/s1. The largest absolute Gasteiger partial charge is 0.395 e. The number of amides is 3. The van der Waals surface area contributed by atoms with Crippen LogP contribution in [0.3, 0.4) is 0 Å². The van der Waals surface area contributed by atoms with E-state index in [-0.39, 0.29) is 28.3 Å². The molecule has 5 N–H and O–H groups in total. The van der Waals surface area contributed by atoms with Gasteiger partial charge in [-0.1, -0.05) is 37.5 Å². The Bertz CT molecular complexity index is 1300. The Morgan fingerprint density at radius 3 is 2.46 bits per heavy atom. The van der Waals surface area contributed by atoms with Crippen LogP contribution >= 0.6 is 22.9 Å². The fourth-order valence-corrected chi connectivity index (χ4v) is 6.96. The number of thiophene rings is 1. The Kier molecular flexibility index (Phi) is 8.59. The van der Waals surface area contributed by atoms with Crippen molar-refractivity contribution >= 4 is 52.0 Å². The van der Waals surface area contributed by atoms with Gasteiger partial charge in [0.1, 0.15) is 4.88 Å². The molecule has 2 fully saturated rings. The molecular formula is C28H33N5O4S2. The van der Waals surface area contributed by atoms with E-state index in [1.54, 1.807) is 0 Å². The highest BCUT2D eigenvalue weighted by atomic mass is 32.1. The summed E-state index contributed by atoms with van der Waals surface area (Å²) in [4.78, 5) is 42.0. The number of ether oxygens (including phenoxy) is 1. The predicted octanol–water partition coefficient (Wildman–Crippen LogP) is 4.62. The Balaban J connectivity index is 1.53. The lowest BCUT2D eigenvalue weighted by Gasteiger charge is -2.31. The molecule has 11 heteroatoms. The molecule has 5 rings (SSSR count). The summed E-state index contributed by atoms with van der Waals surface area (Å²) in [7, 11) is 0. The number of rotatable bonds is 9. The van der Waals surface area contributed by atoms with Crippen molar-refractivity contribution in [1.82, 2.24) is 9.69 Å². The highest BCUT2D eigenvalue weighted by molar-refractivity contribution is 7.10. The monoisotopic (exact) mass is 567 g/mol. The van der Waals surface area contributed by atoms with Crippen LogP contribution in [0.15, 0.2) is 41.8 Å². The van der Waals surface area contributed by atoms with Gasteiger partial charge in [-0.2, -0.15) is 4.37 Å². The van der Waals surface area contributed by atoms with E-state index in [0.717, 1.165) is 37.2 Å². The number of aromatic nitrogens is 1. The molecule has 1 aromatic carbocycles. The number of nitrogen functional groups attached to an aromatic ring is 1. The van der Waals surface area contributed by atoms with Crippen molar-refractivity contribution in [2.45, 2.75) is 63.0 Å². The van der Waals surface area contributed by atoms with Crippen LogP contribution in [-0.4, -0.2) is 41.4 Å². The minimum absolute atomic E-state index is 0.0490. The van der Waals surface area contributed by atoms with Crippen molar-refractivity contribution in [1.29, 1.82) is 0 Å². The summed E-state index contributed by atoms with van der Waals surface area (Å²) < 4.78 is 9.71. The fraction of sp³-hybridized carbons (Fsp3) is 0.429. The van der Waals surface area contributed by atoms with Crippen molar-refractivity contribution in [3.05, 3.63) is 62.8 Å². The molecule has 1 saturated heterocycles. The van der Waals surface area contributed by atoms with E-state index >= 15 is 0 Å². The molecule has 1 saturated carbocycles. The third-order valence-corrected chi connectivity index (χ3v) is 9.25. The summed E-state index contributed by atoms with van der Waals surface area (Å²) in [6.45, 7) is 1.04. The second kappa shape index (κ2) is 12.3. The van der Waals surface area contributed by atoms with Gasteiger partial charge >= 0.3 is 0 Å². The lowest BCUT2D eigenvalue weighted by Crippen LogP contribution is -2.45. The quantitative estimate of drug-likeness (QED) is 0.345. The number of primary amides is 1. The maximum absolute atomic E-state index is 14.2. The van der Waals surface area contributed by atoms with Crippen LogP contribution in [0, 0.1) is 0 Å². The number of carbonyl (C=O) groups is 3. The smallest absolute Gasteiger partial charge is 0.273 e. The molecule has 3 heterocycles. The van der Waals surface area contributed by atoms with E-state index in [1.807, 2.05) is 41.8 Å². The minimum atomic E-state index is -0.960. The Labute approximate surface area is 235 Å². The molecule has 39 heavy (non-hydrogen) atoms. The number of hydrogen-bond donors (Lipinski definition) is 3. The van der Waals surface area contributed by atoms with Gasteiger partial charge in [0.25, 0.3) is 11.8 Å². The fourth-order valence-electron chi connectivity index (χ4n) is 5.40. The van der Waals surface area contributed by atoms with Crippen molar-refractivity contribution in [3.63, 3.8) is 0 Å². The van der Waals surface area contributed by atoms with Crippen LogP contribution in [0.4, 0.5) is 11.4 Å². The number of nitrogens with two attached hydrogens (primary N) is 2. The van der Waals surface area contributed by atoms with Gasteiger partial charge in [-0.25, -0.2) is 0 Å². The van der Waals surface area contributed by atoms with E-state index < -0.39 is 17.9 Å². The van der Waals surface area contributed by atoms with Crippen LogP contribution in [0.1, 0.15) is 87.5 Å². The zero-order chi connectivity index (χ0) is 27.4. The van der Waals surface area contributed by atoms with Crippen molar-refractivity contribution in [2.24, 2.45) is 5.73 Å². The summed E-state index contributed by atoms with van der Waals surface area (Å²) in [5.74, 6) is -1.16. The molecule has 0 unspecified atom stereocenters. The van der Waals surface area contributed by atoms with Crippen molar-refractivity contribution < 1.29 is 19.1 Å². The van der Waals surface area contributed by atoms with Gasteiger partial charge in [0.15, 0.2) is 11.7 Å². The molecule has 2 aliphatic rings. The molecule has 2 atom stereocenters. The molecule has 206 valence electrons. The van der Waals surface area contributed by atoms with Crippen LogP contribution < -0.4 is 21.7 Å². The number of carbonyl (C=O) groups excluding carboxylic acids is 3. The molecule has 2 aromatic heterocycles. The maximum Gasteiger partial charge on any atom is 0.273 e. The van der Waals surface area contributed by atoms with Crippen molar-refractivity contribution in [3.8, 4) is 0 Å². The van der Waals surface area contributed by atoms with Crippen LogP contribution in [0.25, 0.3) is 0 Å². The lowest BCUT2D eigenvalue weighted by atomic mass is 9.84. The first-order chi connectivity index (χ1) is 18.9. The summed E-state index contributed by atoms with van der Waals surface area (Å²) in [6.07, 6.45) is 7.79. The summed E-state index contributed by atoms with van der Waals surface area (Å²) in [6, 6.07) is 10.6. The van der Waals surface area contributed by atoms with Crippen LogP contribution in [0.5, 0.6) is 0 Å². The average molecular weight is 568 g/mol. The highest BCUT2D eigenvalue weighted by Crippen LogP contribution is 2.37. The van der Waals surface area contributed by atoms with Crippen LogP contribution in [-0.2, 0) is 9.53 Å². The van der Waals surface area contributed by atoms with Gasteiger partial charge in [-0.15, -0.1) is 11.3 Å². The highest BCUT2D eigenvalue weighted by Gasteiger charge is 2.37. The lowest BCUT2D eigenvalue weighted by molar-refractivity contribution is -0.122. The Morgan fingerprint density at radius 2 is 1.85 bits per heavy atom. The van der Waals surface area contributed by atoms with E-state index in [0.29, 0.717) is 29.6 Å². The van der Waals surface area contributed by atoms with Gasteiger partial charge in [0.05, 0.1) is 11.8 Å². The van der Waals surface area contributed by atoms with E-state index in [9.17, 15) is 14.4 Å². The van der Waals surface area contributed by atoms with E-state index in [4.69, 9.17) is 16.2 Å². The second-order valence-electron chi connectivity index (χ2n) is 10.0. The Hall–Kier alpha value is -3.28. The summed E-state index contributed by atoms with van der Waals surface area (Å²) in [5.41, 5.74) is 13.1. The number of hydrogen-bond acceptors (Lipinski definition) is 8. The topological polar surface area (TPSA) is 141 Å². The zero-order valence-corrected chi connectivity index (χ0v) is 23.3.